The molecule has 1 aromatic heterocycles. The zero-order valence-electron chi connectivity index (χ0n) is 16.2. The van der Waals surface area contributed by atoms with Crippen LogP contribution in [0.5, 0.6) is 0 Å². The van der Waals surface area contributed by atoms with Crippen molar-refractivity contribution < 1.29 is 14.3 Å². The van der Waals surface area contributed by atoms with Crippen LogP contribution >= 0.6 is 11.8 Å². The van der Waals surface area contributed by atoms with Crippen LogP contribution in [0.1, 0.15) is 6.92 Å². The summed E-state index contributed by atoms with van der Waals surface area (Å²) in [4.78, 5) is 28.0. The highest BCUT2D eigenvalue weighted by Gasteiger charge is 2.21. The zero-order valence-corrected chi connectivity index (χ0v) is 17.0. The third kappa shape index (κ3) is 4.90. The number of aromatic nitrogens is 3. The lowest BCUT2D eigenvalue weighted by Gasteiger charge is -2.28. The summed E-state index contributed by atoms with van der Waals surface area (Å²) in [6.45, 7) is 5.07. The first kappa shape index (κ1) is 20.3. The number of carbonyl (C=O) groups is 2. The number of benzene rings is 1. The topological polar surface area (TPSA) is 80.6 Å². The monoisotopic (exact) mass is 403 g/mol. The van der Waals surface area contributed by atoms with E-state index in [0.29, 0.717) is 38.0 Å². The van der Waals surface area contributed by atoms with E-state index in [1.165, 1.54) is 16.7 Å². The number of amides is 2. The molecule has 0 bridgehead atoms. The summed E-state index contributed by atoms with van der Waals surface area (Å²) in [7, 11) is 1.65. The van der Waals surface area contributed by atoms with Gasteiger partial charge in [-0.2, -0.15) is 0 Å². The van der Waals surface area contributed by atoms with Crippen LogP contribution in [0.2, 0.25) is 0 Å². The molecule has 1 aromatic carbocycles. The Balaban J connectivity index is 1.57. The largest absolute Gasteiger partial charge is 0.378 e. The molecule has 9 heteroatoms. The summed E-state index contributed by atoms with van der Waals surface area (Å²) >= 11 is 1.34. The van der Waals surface area contributed by atoms with Crippen LogP contribution in [0.3, 0.4) is 0 Å². The molecule has 2 heterocycles. The van der Waals surface area contributed by atoms with Gasteiger partial charge >= 0.3 is 0 Å². The maximum atomic E-state index is 12.5. The Labute approximate surface area is 168 Å². The van der Waals surface area contributed by atoms with Gasteiger partial charge in [-0.15, -0.1) is 10.2 Å². The summed E-state index contributed by atoms with van der Waals surface area (Å²) in [6.07, 6.45) is 0. The molecule has 3 rings (SSSR count). The van der Waals surface area contributed by atoms with Crippen LogP contribution in [-0.2, 0) is 20.9 Å². The lowest BCUT2D eigenvalue weighted by Crippen LogP contribution is -2.46. The van der Waals surface area contributed by atoms with E-state index in [0.717, 1.165) is 11.4 Å². The Kier molecular flexibility index (Phi) is 7.05. The maximum Gasteiger partial charge on any atom is 0.242 e. The molecule has 28 heavy (non-hydrogen) atoms. The van der Waals surface area contributed by atoms with E-state index in [1.807, 2.05) is 41.8 Å². The number of thioether (sulfide) groups is 1. The molecule has 0 N–H and O–H groups in total. The molecular weight excluding hydrogens is 378 g/mol. The molecule has 1 saturated heterocycles. The summed E-state index contributed by atoms with van der Waals surface area (Å²) in [5, 5.41) is 9.23. The molecule has 1 aliphatic rings. The molecule has 0 unspecified atom stereocenters. The van der Waals surface area contributed by atoms with Crippen LogP contribution in [-0.4, -0.2) is 82.0 Å². The molecule has 1 aliphatic heterocycles. The number of ether oxygens (including phenoxy) is 1. The van der Waals surface area contributed by atoms with Crippen molar-refractivity contribution in [3.8, 4) is 11.4 Å². The summed E-state index contributed by atoms with van der Waals surface area (Å²) in [5.41, 5.74) is 0.989. The van der Waals surface area contributed by atoms with E-state index in [1.54, 1.807) is 11.9 Å². The minimum atomic E-state index is -0.112. The normalized spacial score (nSPS) is 14.1. The van der Waals surface area contributed by atoms with Crippen molar-refractivity contribution in [3.05, 3.63) is 30.3 Å². The van der Waals surface area contributed by atoms with Gasteiger partial charge in [-0.05, 0) is 6.92 Å². The number of likely N-dealkylation sites (N-methyl/N-ethyl adjacent to an activating group) is 1. The van der Waals surface area contributed by atoms with E-state index < -0.39 is 0 Å². The van der Waals surface area contributed by atoms with Gasteiger partial charge in [-0.25, -0.2) is 0 Å². The van der Waals surface area contributed by atoms with Crippen LogP contribution < -0.4 is 0 Å². The molecule has 0 atom stereocenters. The van der Waals surface area contributed by atoms with Crippen molar-refractivity contribution in [1.82, 2.24) is 24.6 Å². The number of hydrogen-bond donors (Lipinski definition) is 0. The molecule has 2 amide bonds. The van der Waals surface area contributed by atoms with Gasteiger partial charge in [0, 0.05) is 32.2 Å². The SMILES string of the molecule is CCn1c(SCC(=O)N(C)CC(=O)N2CCOCC2)nnc1-c1ccccc1. The van der Waals surface area contributed by atoms with Crippen LogP contribution in [0, 0.1) is 0 Å². The smallest absolute Gasteiger partial charge is 0.242 e. The first-order valence-corrected chi connectivity index (χ1v) is 10.3. The second kappa shape index (κ2) is 9.70. The zero-order chi connectivity index (χ0) is 19.9. The van der Waals surface area contributed by atoms with Crippen LogP contribution in [0.25, 0.3) is 11.4 Å². The lowest BCUT2D eigenvalue weighted by atomic mass is 10.2. The maximum absolute atomic E-state index is 12.5. The third-order valence-corrected chi connectivity index (χ3v) is 5.50. The van der Waals surface area contributed by atoms with Crippen LogP contribution in [0.4, 0.5) is 0 Å². The van der Waals surface area contributed by atoms with Gasteiger partial charge < -0.3 is 19.1 Å². The van der Waals surface area contributed by atoms with Gasteiger partial charge in [-0.3, -0.25) is 9.59 Å². The number of morpholine rings is 1. The molecule has 150 valence electrons. The van der Waals surface area contributed by atoms with Gasteiger partial charge in [0.2, 0.25) is 11.8 Å². The summed E-state index contributed by atoms with van der Waals surface area (Å²) < 4.78 is 7.24. The average molecular weight is 404 g/mol. The molecule has 0 spiro atoms. The van der Waals surface area contributed by atoms with Crippen molar-refractivity contribution in [2.45, 2.75) is 18.6 Å². The Morgan fingerprint density at radius 2 is 1.89 bits per heavy atom. The van der Waals surface area contributed by atoms with Gasteiger partial charge in [0.25, 0.3) is 0 Å². The Morgan fingerprint density at radius 1 is 1.18 bits per heavy atom. The second-order valence-electron chi connectivity index (χ2n) is 6.45. The van der Waals surface area contributed by atoms with Gasteiger partial charge in [-0.1, -0.05) is 42.1 Å². The quantitative estimate of drug-likeness (QED) is 0.650. The van der Waals surface area contributed by atoms with Crippen molar-refractivity contribution in [3.63, 3.8) is 0 Å². The van der Waals surface area contributed by atoms with Crippen molar-refractivity contribution in [2.75, 3.05) is 45.6 Å². The minimum absolute atomic E-state index is 0.0489. The standard InChI is InChI=1S/C19H25N5O3S/c1-3-24-18(15-7-5-4-6-8-15)20-21-19(24)28-14-17(26)22(2)13-16(25)23-9-11-27-12-10-23/h4-8H,3,9-14H2,1-2H3. The highest BCUT2D eigenvalue weighted by atomic mass is 32.2. The molecule has 1 fully saturated rings. The summed E-state index contributed by atoms with van der Waals surface area (Å²) in [5.74, 6) is 0.833. The first-order chi connectivity index (χ1) is 13.6. The number of rotatable bonds is 7. The van der Waals surface area contributed by atoms with E-state index >= 15 is 0 Å². The molecule has 0 aliphatic carbocycles. The fraction of sp³-hybridized carbons (Fsp3) is 0.474. The van der Waals surface area contributed by atoms with E-state index in [9.17, 15) is 9.59 Å². The fourth-order valence-corrected chi connectivity index (χ4v) is 3.86. The van der Waals surface area contributed by atoms with E-state index in [-0.39, 0.29) is 24.1 Å². The first-order valence-electron chi connectivity index (χ1n) is 9.31. The van der Waals surface area contributed by atoms with Crippen molar-refractivity contribution >= 4 is 23.6 Å². The highest BCUT2D eigenvalue weighted by Crippen LogP contribution is 2.23. The average Bonchev–Trinajstić information content (AvgIpc) is 3.16. The molecule has 2 aromatic rings. The molecule has 8 nitrogen and oxygen atoms in total. The Hall–Kier alpha value is -2.39. The van der Waals surface area contributed by atoms with Crippen molar-refractivity contribution in [2.24, 2.45) is 0 Å². The third-order valence-electron chi connectivity index (χ3n) is 4.55. The Morgan fingerprint density at radius 3 is 2.57 bits per heavy atom. The number of carbonyl (C=O) groups excluding carboxylic acids is 2. The minimum Gasteiger partial charge on any atom is -0.378 e. The Bertz CT molecular complexity index is 805. The van der Waals surface area contributed by atoms with Gasteiger partial charge in [0.15, 0.2) is 11.0 Å². The highest BCUT2D eigenvalue weighted by molar-refractivity contribution is 7.99. The van der Waals surface area contributed by atoms with Gasteiger partial charge in [0.1, 0.15) is 0 Å². The fourth-order valence-electron chi connectivity index (χ4n) is 2.92. The number of hydrogen-bond acceptors (Lipinski definition) is 6. The predicted octanol–water partition coefficient (Wildman–Crippen LogP) is 1.37. The predicted molar refractivity (Wildman–Crippen MR) is 107 cm³/mol. The van der Waals surface area contributed by atoms with Gasteiger partial charge in [0.05, 0.1) is 25.5 Å². The second-order valence-corrected chi connectivity index (χ2v) is 7.39. The van der Waals surface area contributed by atoms with Crippen molar-refractivity contribution in [1.29, 1.82) is 0 Å². The van der Waals surface area contributed by atoms with E-state index in [2.05, 4.69) is 10.2 Å². The molecule has 0 saturated carbocycles. The van der Waals surface area contributed by atoms with Crippen LogP contribution in [0.15, 0.2) is 35.5 Å². The molecular formula is C19H25N5O3S. The molecule has 0 radical (unpaired) electrons. The summed E-state index contributed by atoms with van der Waals surface area (Å²) in [6, 6.07) is 9.85. The van der Waals surface area contributed by atoms with E-state index in [4.69, 9.17) is 4.74 Å². The number of nitrogens with zero attached hydrogens (tertiary/aromatic N) is 5. The lowest BCUT2D eigenvalue weighted by molar-refractivity contribution is -0.140.